The first-order chi connectivity index (χ1) is 18.2. The number of hydrazine groups is 1. The summed E-state index contributed by atoms with van der Waals surface area (Å²) in [5.74, 6) is 0. The Labute approximate surface area is 230 Å². The summed E-state index contributed by atoms with van der Waals surface area (Å²) in [6.45, 7) is 6.59. The average Bonchev–Trinajstić information content (AvgIpc) is 3.35. The van der Waals surface area contributed by atoms with Crippen LogP contribution in [0.5, 0.6) is 0 Å². The zero-order valence-electron chi connectivity index (χ0n) is 22.3. The van der Waals surface area contributed by atoms with E-state index in [4.69, 9.17) is 14.0 Å². The molecule has 2 amide bonds. The van der Waals surface area contributed by atoms with Crippen molar-refractivity contribution in [2.24, 2.45) is 0 Å². The van der Waals surface area contributed by atoms with Crippen LogP contribution in [0, 0.1) is 6.92 Å². The van der Waals surface area contributed by atoms with Crippen LogP contribution in [-0.4, -0.2) is 35.1 Å². The van der Waals surface area contributed by atoms with Crippen LogP contribution >= 0.6 is 23.6 Å². The third kappa shape index (κ3) is 16.5. The van der Waals surface area contributed by atoms with Crippen LogP contribution in [0.2, 0.25) is 0 Å². The standard InChI is InChI=1S/C26H43N5O4S2/c1-3-4-5-6-7-8-9-10-11-12-18-33-19-14-17-27-24(32)29-30-25-28-26(31-36-25)37-35-34-21-23-16-13-15-22(2)20-23/h13,15-16,20H,3-12,14,17-19,21H2,1-2H3,(H2,27,29,32)(H,28,30,31). The van der Waals surface area contributed by atoms with Crippen molar-refractivity contribution in [2.75, 3.05) is 25.2 Å². The lowest BCUT2D eigenvalue weighted by Crippen LogP contribution is -2.39. The van der Waals surface area contributed by atoms with E-state index < -0.39 is 0 Å². The normalized spacial score (nSPS) is 11.0. The second kappa shape index (κ2) is 21.1. The molecule has 0 radical (unpaired) electrons. The van der Waals surface area contributed by atoms with Gasteiger partial charge in [0, 0.05) is 31.3 Å². The molecule has 37 heavy (non-hydrogen) atoms. The van der Waals surface area contributed by atoms with E-state index in [1.165, 1.54) is 57.8 Å². The van der Waals surface area contributed by atoms with Gasteiger partial charge in [0.15, 0.2) is 0 Å². The maximum atomic E-state index is 11.9. The Balaban J connectivity index is 1.37. The zero-order chi connectivity index (χ0) is 26.4. The lowest BCUT2D eigenvalue weighted by atomic mass is 10.1. The van der Waals surface area contributed by atoms with Crippen LogP contribution in [0.15, 0.2) is 29.4 Å². The van der Waals surface area contributed by atoms with E-state index in [0.717, 1.165) is 54.2 Å². The highest BCUT2D eigenvalue weighted by Crippen LogP contribution is 2.21. The van der Waals surface area contributed by atoms with E-state index in [1.807, 2.05) is 31.2 Å². The number of nitrogens with zero attached hydrogens (tertiary/aromatic N) is 2. The number of hydrogen-bond donors (Lipinski definition) is 3. The molecule has 0 aliphatic heterocycles. The van der Waals surface area contributed by atoms with E-state index in [2.05, 4.69) is 32.4 Å². The molecule has 0 aliphatic carbocycles. The van der Waals surface area contributed by atoms with Gasteiger partial charge >= 0.3 is 6.03 Å². The third-order valence-corrected chi connectivity index (χ3v) is 6.79. The zero-order valence-corrected chi connectivity index (χ0v) is 23.9. The van der Waals surface area contributed by atoms with Crippen molar-refractivity contribution in [1.29, 1.82) is 0 Å². The third-order valence-electron chi connectivity index (χ3n) is 5.55. The summed E-state index contributed by atoms with van der Waals surface area (Å²) >= 11 is 2.02. The molecule has 0 bridgehead atoms. The summed E-state index contributed by atoms with van der Waals surface area (Å²) in [5.41, 5.74) is 7.45. The van der Waals surface area contributed by atoms with E-state index in [1.54, 1.807) is 0 Å². The maximum absolute atomic E-state index is 11.9. The smallest absolute Gasteiger partial charge is 0.333 e. The van der Waals surface area contributed by atoms with Gasteiger partial charge < -0.3 is 10.1 Å². The first kappa shape index (κ1) is 31.3. The highest BCUT2D eigenvalue weighted by atomic mass is 32.2. The van der Waals surface area contributed by atoms with Crippen molar-refractivity contribution < 1.29 is 18.8 Å². The van der Waals surface area contributed by atoms with E-state index in [-0.39, 0.29) is 6.03 Å². The first-order valence-corrected chi connectivity index (χ1v) is 14.9. The Bertz CT molecular complexity index is 856. The van der Waals surface area contributed by atoms with E-state index in [0.29, 0.717) is 30.0 Å². The Hall–Kier alpha value is -1.92. The second-order valence-electron chi connectivity index (χ2n) is 8.94. The molecule has 1 aromatic carbocycles. The molecular formula is C26H43N5O4S2. The molecule has 0 spiro atoms. The van der Waals surface area contributed by atoms with Gasteiger partial charge in [-0.1, -0.05) is 94.5 Å². The number of ether oxygens (including phenoxy) is 1. The summed E-state index contributed by atoms with van der Waals surface area (Å²) in [5, 5.41) is 3.61. The quantitative estimate of drug-likeness (QED) is 0.0622. The molecule has 2 rings (SSSR count). The molecular weight excluding hydrogens is 510 g/mol. The molecule has 208 valence electrons. The number of hydrogen-bond acceptors (Lipinski definition) is 9. The number of anilines is 1. The number of aromatic nitrogens is 2. The monoisotopic (exact) mass is 553 g/mol. The average molecular weight is 554 g/mol. The van der Waals surface area contributed by atoms with Crippen molar-refractivity contribution in [1.82, 2.24) is 20.1 Å². The van der Waals surface area contributed by atoms with Gasteiger partial charge in [-0.05, 0) is 25.3 Å². The SMILES string of the molecule is CCCCCCCCCCCCOCCCNC(=O)NNc1nc(SOOCc2cccc(C)c2)ns1. The maximum Gasteiger partial charge on any atom is 0.333 e. The van der Waals surface area contributed by atoms with Crippen molar-refractivity contribution >= 4 is 34.7 Å². The molecule has 3 N–H and O–H groups in total. The van der Waals surface area contributed by atoms with Crippen molar-refractivity contribution in [3.05, 3.63) is 35.4 Å². The van der Waals surface area contributed by atoms with Gasteiger partial charge in [0.25, 0.3) is 0 Å². The Morgan fingerprint density at radius 2 is 1.73 bits per heavy atom. The molecule has 0 unspecified atom stereocenters. The van der Waals surface area contributed by atoms with Crippen LogP contribution in [0.25, 0.3) is 0 Å². The Kier molecular flexibility index (Phi) is 17.8. The van der Waals surface area contributed by atoms with Gasteiger partial charge in [-0.25, -0.2) is 15.1 Å². The van der Waals surface area contributed by atoms with Crippen LogP contribution < -0.4 is 16.2 Å². The van der Waals surface area contributed by atoms with Crippen LogP contribution in [0.1, 0.15) is 88.7 Å². The minimum Gasteiger partial charge on any atom is -0.381 e. The molecule has 0 saturated carbocycles. The van der Waals surface area contributed by atoms with Gasteiger partial charge in [0.1, 0.15) is 18.6 Å². The number of carbonyl (C=O) groups is 1. The number of carbonyl (C=O) groups excluding carboxylic acids is 1. The van der Waals surface area contributed by atoms with E-state index >= 15 is 0 Å². The lowest BCUT2D eigenvalue weighted by molar-refractivity contribution is -0.202. The molecule has 9 nitrogen and oxygen atoms in total. The van der Waals surface area contributed by atoms with Crippen LogP contribution in [0.3, 0.4) is 0 Å². The molecule has 0 aliphatic rings. The minimum absolute atomic E-state index is 0.329. The molecule has 2 aromatic rings. The van der Waals surface area contributed by atoms with Crippen LogP contribution in [-0.2, 0) is 20.6 Å². The van der Waals surface area contributed by atoms with Gasteiger partial charge in [-0.15, -0.1) is 0 Å². The lowest BCUT2D eigenvalue weighted by Gasteiger charge is -2.08. The molecule has 11 heteroatoms. The van der Waals surface area contributed by atoms with Gasteiger partial charge in [-0.3, -0.25) is 5.43 Å². The fourth-order valence-electron chi connectivity index (χ4n) is 3.57. The molecule has 0 saturated heterocycles. The molecule has 0 fully saturated rings. The topological polar surface area (TPSA) is 107 Å². The van der Waals surface area contributed by atoms with Gasteiger partial charge in [0.05, 0.1) is 0 Å². The fourth-order valence-corrected chi connectivity index (χ4v) is 4.57. The number of benzene rings is 1. The summed E-state index contributed by atoms with van der Waals surface area (Å²) in [4.78, 5) is 21.3. The highest BCUT2D eigenvalue weighted by molar-refractivity contribution is 7.94. The molecule has 1 heterocycles. The number of urea groups is 1. The Morgan fingerprint density at radius 3 is 2.49 bits per heavy atom. The van der Waals surface area contributed by atoms with E-state index in [9.17, 15) is 4.79 Å². The number of nitrogens with one attached hydrogen (secondary N) is 3. The predicted octanol–water partition coefficient (Wildman–Crippen LogP) is 6.96. The first-order valence-electron chi connectivity index (χ1n) is 13.4. The summed E-state index contributed by atoms with van der Waals surface area (Å²) in [6, 6.07) is 7.65. The highest BCUT2D eigenvalue weighted by Gasteiger charge is 2.07. The molecule has 0 atom stereocenters. The van der Waals surface area contributed by atoms with Crippen molar-refractivity contribution in [2.45, 2.75) is 96.2 Å². The number of rotatable bonds is 22. The minimum atomic E-state index is -0.336. The Morgan fingerprint density at radius 1 is 1.00 bits per heavy atom. The number of unbranched alkanes of at least 4 members (excludes halogenated alkanes) is 9. The largest absolute Gasteiger partial charge is 0.381 e. The van der Waals surface area contributed by atoms with Crippen LogP contribution in [0.4, 0.5) is 9.93 Å². The number of aryl methyl sites for hydroxylation is 1. The predicted molar refractivity (Wildman–Crippen MR) is 150 cm³/mol. The van der Waals surface area contributed by atoms with Crippen molar-refractivity contribution in [3.8, 4) is 0 Å². The summed E-state index contributed by atoms with van der Waals surface area (Å²) < 4.78 is 14.9. The fraction of sp³-hybridized carbons (Fsp3) is 0.654. The summed E-state index contributed by atoms with van der Waals surface area (Å²) in [7, 11) is 0. The molecule has 1 aromatic heterocycles. The van der Waals surface area contributed by atoms with Gasteiger partial charge in [0.2, 0.25) is 10.3 Å². The summed E-state index contributed by atoms with van der Waals surface area (Å²) in [6.07, 6.45) is 14.0. The second-order valence-corrected chi connectivity index (χ2v) is 10.4. The number of amides is 2. The van der Waals surface area contributed by atoms with Crippen molar-refractivity contribution in [3.63, 3.8) is 0 Å². The van der Waals surface area contributed by atoms with Gasteiger partial charge in [-0.2, -0.15) is 13.7 Å².